The fourth-order valence-corrected chi connectivity index (χ4v) is 3.01. The van der Waals surface area contributed by atoms with E-state index in [9.17, 15) is 5.26 Å². The first-order valence-electron chi connectivity index (χ1n) is 7.02. The van der Waals surface area contributed by atoms with Crippen molar-refractivity contribution in [2.45, 2.75) is 31.7 Å². The highest BCUT2D eigenvalue weighted by atomic mass is 14.9. The number of nitriles is 1. The normalized spacial score (nSPS) is 22.9. The Kier molecular flexibility index (Phi) is 3.37. The van der Waals surface area contributed by atoms with Gasteiger partial charge in [0.25, 0.3) is 0 Å². The molecule has 1 aliphatic rings. The molecule has 0 amide bonds. The van der Waals surface area contributed by atoms with Crippen molar-refractivity contribution in [3.63, 3.8) is 0 Å². The molecule has 3 rings (SSSR count). The Labute approximate surface area is 114 Å². The second-order valence-corrected chi connectivity index (χ2v) is 5.30. The van der Waals surface area contributed by atoms with Gasteiger partial charge < -0.3 is 5.32 Å². The molecule has 19 heavy (non-hydrogen) atoms. The molecule has 1 fully saturated rings. The zero-order chi connectivity index (χ0) is 13.1. The zero-order valence-electron chi connectivity index (χ0n) is 11.0. The first-order valence-corrected chi connectivity index (χ1v) is 7.02. The first-order chi connectivity index (χ1) is 9.38. The number of anilines is 1. The molecule has 0 bridgehead atoms. The van der Waals surface area contributed by atoms with Gasteiger partial charge in [-0.15, -0.1) is 0 Å². The van der Waals surface area contributed by atoms with Crippen molar-refractivity contribution < 1.29 is 0 Å². The van der Waals surface area contributed by atoms with Crippen LogP contribution in [0, 0.1) is 17.2 Å². The van der Waals surface area contributed by atoms with Crippen LogP contribution in [0.5, 0.6) is 0 Å². The summed E-state index contributed by atoms with van der Waals surface area (Å²) < 4.78 is 0. The molecule has 1 saturated carbocycles. The molecule has 0 radical (unpaired) electrons. The van der Waals surface area contributed by atoms with Gasteiger partial charge in [-0.3, -0.25) is 0 Å². The third kappa shape index (κ3) is 2.42. The fraction of sp³-hybridized carbons (Fsp3) is 0.353. The average molecular weight is 250 g/mol. The summed E-state index contributed by atoms with van der Waals surface area (Å²) in [5, 5.41) is 15.4. The molecule has 2 aromatic rings. The third-order valence-electron chi connectivity index (χ3n) is 4.06. The van der Waals surface area contributed by atoms with Crippen LogP contribution in [0.3, 0.4) is 0 Å². The van der Waals surface area contributed by atoms with Crippen LogP contribution in [0.4, 0.5) is 5.69 Å². The van der Waals surface area contributed by atoms with E-state index in [1.807, 2.05) is 0 Å². The van der Waals surface area contributed by atoms with Gasteiger partial charge in [0.1, 0.15) is 0 Å². The van der Waals surface area contributed by atoms with E-state index in [1.165, 1.54) is 23.6 Å². The molecule has 1 aliphatic carbocycles. The van der Waals surface area contributed by atoms with Crippen LogP contribution in [0.15, 0.2) is 42.5 Å². The standard InChI is InChI=1S/C17H18N2/c18-12-14-7-2-4-10-16(14)19-17-11-5-8-13-6-1-3-9-15(13)17/h1,3,5-6,8-9,11,14,16,19H,2,4,7,10H2. The summed E-state index contributed by atoms with van der Waals surface area (Å²) in [4.78, 5) is 0. The Hall–Kier alpha value is -2.01. The van der Waals surface area contributed by atoms with Crippen molar-refractivity contribution in [1.29, 1.82) is 5.26 Å². The van der Waals surface area contributed by atoms with E-state index in [1.54, 1.807) is 0 Å². The summed E-state index contributed by atoms with van der Waals surface area (Å²) in [6.07, 6.45) is 4.53. The number of hydrogen-bond donors (Lipinski definition) is 1. The van der Waals surface area contributed by atoms with Crippen molar-refractivity contribution in [3.05, 3.63) is 42.5 Å². The maximum absolute atomic E-state index is 9.26. The van der Waals surface area contributed by atoms with E-state index in [2.05, 4.69) is 53.9 Å². The number of benzene rings is 2. The Morgan fingerprint density at radius 2 is 1.79 bits per heavy atom. The first kappa shape index (κ1) is 12.0. The van der Waals surface area contributed by atoms with E-state index in [4.69, 9.17) is 0 Å². The molecular weight excluding hydrogens is 232 g/mol. The number of nitrogens with zero attached hydrogens (tertiary/aromatic N) is 1. The van der Waals surface area contributed by atoms with Gasteiger partial charge in [0.2, 0.25) is 0 Å². The Bertz CT molecular complexity index is 607. The van der Waals surface area contributed by atoms with Gasteiger partial charge in [0.05, 0.1) is 12.0 Å². The van der Waals surface area contributed by atoms with Crippen molar-refractivity contribution >= 4 is 16.5 Å². The minimum absolute atomic E-state index is 0.146. The maximum atomic E-state index is 9.26. The summed E-state index contributed by atoms with van der Waals surface area (Å²) in [7, 11) is 0. The van der Waals surface area contributed by atoms with Crippen LogP contribution in [0.2, 0.25) is 0 Å². The molecule has 0 aromatic heterocycles. The zero-order valence-corrected chi connectivity index (χ0v) is 11.0. The summed E-state index contributed by atoms with van der Waals surface area (Å²) >= 11 is 0. The van der Waals surface area contributed by atoms with Gasteiger partial charge in [-0.25, -0.2) is 0 Å². The lowest BCUT2D eigenvalue weighted by atomic mass is 9.85. The largest absolute Gasteiger partial charge is 0.380 e. The van der Waals surface area contributed by atoms with Gasteiger partial charge in [-0.2, -0.15) is 5.26 Å². The molecular formula is C17H18N2. The molecule has 2 heteroatoms. The summed E-state index contributed by atoms with van der Waals surface area (Å²) in [6, 6.07) is 17.5. The molecule has 2 atom stereocenters. The third-order valence-corrected chi connectivity index (χ3v) is 4.06. The monoisotopic (exact) mass is 250 g/mol. The van der Waals surface area contributed by atoms with Crippen LogP contribution in [-0.2, 0) is 0 Å². The van der Waals surface area contributed by atoms with Crippen molar-refractivity contribution in [2.75, 3.05) is 5.32 Å². The lowest BCUT2D eigenvalue weighted by Crippen LogP contribution is -2.31. The second kappa shape index (κ2) is 5.32. The van der Waals surface area contributed by atoms with Gasteiger partial charge in [-0.1, -0.05) is 49.2 Å². The number of hydrogen-bond acceptors (Lipinski definition) is 2. The predicted octanol–water partition coefficient (Wildman–Crippen LogP) is 4.33. The summed E-state index contributed by atoms with van der Waals surface area (Å²) in [5.41, 5.74) is 1.16. The minimum Gasteiger partial charge on any atom is -0.380 e. The molecule has 0 aliphatic heterocycles. The molecule has 1 N–H and O–H groups in total. The highest BCUT2D eigenvalue weighted by Crippen LogP contribution is 2.30. The minimum atomic E-state index is 0.146. The molecule has 96 valence electrons. The van der Waals surface area contributed by atoms with Gasteiger partial charge >= 0.3 is 0 Å². The van der Waals surface area contributed by atoms with E-state index in [0.717, 1.165) is 18.5 Å². The van der Waals surface area contributed by atoms with Gasteiger partial charge in [0.15, 0.2) is 0 Å². The SMILES string of the molecule is N#CC1CCCCC1Nc1cccc2ccccc12. The van der Waals surface area contributed by atoms with Crippen molar-refractivity contribution in [1.82, 2.24) is 0 Å². The van der Waals surface area contributed by atoms with E-state index in [-0.39, 0.29) is 5.92 Å². The number of fused-ring (bicyclic) bond motifs is 1. The lowest BCUT2D eigenvalue weighted by molar-refractivity contribution is 0.389. The van der Waals surface area contributed by atoms with E-state index >= 15 is 0 Å². The molecule has 0 heterocycles. The van der Waals surface area contributed by atoms with Crippen molar-refractivity contribution in [2.24, 2.45) is 5.92 Å². The highest BCUT2D eigenvalue weighted by molar-refractivity contribution is 5.93. The Balaban J connectivity index is 1.91. The van der Waals surface area contributed by atoms with Crippen molar-refractivity contribution in [3.8, 4) is 6.07 Å². The van der Waals surface area contributed by atoms with Crippen LogP contribution in [-0.4, -0.2) is 6.04 Å². The topological polar surface area (TPSA) is 35.8 Å². The van der Waals surface area contributed by atoms with Crippen LogP contribution in [0.1, 0.15) is 25.7 Å². The number of rotatable bonds is 2. The van der Waals surface area contributed by atoms with Crippen LogP contribution >= 0.6 is 0 Å². The fourth-order valence-electron chi connectivity index (χ4n) is 3.01. The average Bonchev–Trinajstić information content (AvgIpc) is 2.48. The van der Waals surface area contributed by atoms with Gasteiger partial charge in [-0.05, 0) is 24.3 Å². The lowest BCUT2D eigenvalue weighted by Gasteiger charge is -2.29. The van der Waals surface area contributed by atoms with E-state index in [0.29, 0.717) is 6.04 Å². The highest BCUT2D eigenvalue weighted by Gasteiger charge is 2.24. The maximum Gasteiger partial charge on any atom is 0.0677 e. The van der Waals surface area contributed by atoms with Crippen LogP contribution < -0.4 is 5.32 Å². The van der Waals surface area contributed by atoms with E-state index < -0.39 is 0 Å². The molecule has 0 saturated heterocycles. The Morgan fingerprint density at radius 1 is 1.00 bits per heavy atom. The molecule has 2 nitrogen and oxygen atoms in total. The second-order valence-electron chi connectivity index (χ2n) is 5.30. The van der Waals surface area contributed by atoms with Gasteiger partial charge in [0, 0.05) is 17.1 Å². The summed E-state index contributed by atoms with van der Waals surface area (Å²) in [6.45, 7) is 0. The predicted molar refractivity (Wildman–Crippen MR) is 78.9 cm³/mol. The molecule has 0 spiro atoms. The molecule has 2 aromatic carbocycles. The molecule has 2 unspecified atom stereocenters. The summed E-state index contributed by atoms with van der Waals surface area (Å²) in [5.74, 6) is 0.146. The number of nitrogens with one attached hydrogen (secondary N) is 1. The smallest absolute Gasteiger partial charge is 0.0677 e. The Morgan fingerprint density at radius 3 is 2.68 bits per heavy atom. The quantitative estimate of drug-likeness (QED) is 0.860. The van der Waals surface area contributed by atoms with Crippen LogP contribution in [0.25, 0.3) is 10.8 Å².